The van der Waals surface area contributed by atoms with E-state index in [1.165, 1.54) is 12.7 Å². The molecular weight excluding hydrogens is 260 g/mol. The van der Waals surface area contributed by atoms with Gasteiger partial charge < -0.3 is 5.73 Å². The van der Waals surface area contributed by atoms with Crippen LogP contribution in [-0.2, 0) is 9.84 Å². The zero-order chi connectivity index (χ0) is 14.9. The van der Waals surface area contributed by atoms with Gasteiger partial charge in [0.1, 0.15) is 9.84 Å². The van der Waals surface area contributed by atoms with E-state index < -0.39 is 9.84 Å². The van der Waals surface area contributed by atoms with Crippen molar-refractivity contribution in [2.75, 3.05) is 32.1 Å². The summed E-state index contributed by atoms with van der Waals surface area (Å²) in [4.78, 5) is 2.19. The number of rotatable bonds is 5. The highest BCUT2D eigenvalue weighted by Crippen LogP contribution is 2.45. The van der Waals surface area contributed by atoms with Crippen molar-refractivity contribution in [2.24, 2.45) is 17.1 Å². The number of hydrogen-bond acceptors (Lipinski definition) is 4. The Kier molecular flexibility index (Phi) is 5.08. The molecule has 0 spiro atoms. The Morgan fingerprint density at radius 3 is 2.32 bits per heavy atom. The number of nitrogens with zero attached hydrogens (tertiary/aromatic N) is 1. The molecule has 114 valence electrons. The Bertz CT molecular complexity index is 406. The average Bonchev–Trinajstić information content (AvgIpc) is 2.21. The van der Waals surface area contributed by atoms with Gasteiger partial charge in [-0.1, -0.05) is 20.8 Å². The van der Waals surface area contributed by atoms with Crippen LogP contribution in [0, 0.1) is 11.3 Å². The third kappa shape index (κ3) is 4.72. The van der Waals surface area contributed by atoms with Gasteiger partial charge in [-0.25, -0.2) is 8.42 Å². The molecule has 5 heteroatoms. The molecule has 2 N–H and O–H groups in total. The van der Waals surface area contributed by atoms with Crippen LogP contribution in [0.5, 0.6) is 0 Å². The third-order valence-electron chi connectivity index (χ3n) is 4.42. The van der Waals surface area contributed by atoms with Gasteiger partial charge in [-0.2, -0.15) is 0 Å². The topological polar surface area (TPSA) is 63.4 Å². The summed E-state index contributed by atoms with van der Waals surface area (Å²) in [7, 11) is -0.898. The molecule has 1 saturated carbocycles. The molecule has 0 radical (unpaired) electrons. The average molecular weight is 290 g/mol. The smallest absolute Gasteiger partial charge is 0.148 e. The largest absolute Gasteiger partial charge is 0.329 e. The molecule has 0 amide bonds. The van der Waals surface area contributed by atoms with Crippen LogP contribution in [0.1, 0.15) is 40.0 Å². The van der Waals surface area contributed by atoms with Crippen LogP contribution < -0.4 is 5.73 Å². The van der Waals surface area contributed by atoms with Gasteiger partial charge >= 0.3 is 0 Å². The van der Waals surface area contributed by atoms with Gasteiger partial charge in [-0.05, 0) is 37.6 Å². The molecule has 0 bridgehead atoms. The maximum absolute atomic E-state index is 11.3. The number of hydrogen-bond donors (Lipinski definition) is 1. The van der Waals surface area contributed by atoms with Gasteiger partial charge in [0.25, 0.3) is 0 Å². The molecule has 1 aliphatic carbocycles. The fourth-order valence-corrected chi connectivity index (χ4v) is 4.45. The fraction of sp³-hybridized carbons (Fsp3) is 1.00. The van der Waals surface area contributed by atoms with Gasteiger partial charge in [-0.3, -0.25) is 4.90 Å². The first-order valence-electron chi connectivity index (χ1n) is 7.09. The van der Waals surface area contributed by atoms with Crippen LogP contribution in [0.2, 0.25) is 0 Å². The standard InChI is InChI=1S/C14H30N2O2S/c1-12-8-13(2,3)10-14(9-12,11-15)16(4)6-7-19(5,17)18/h12H,6-11,15H2,1-5H3. The van der Waals surface area contributed by atoms with Gasteiger partial charge in [0, 0.05) is 24.9 Å². The van der Waals surface area contributed by atoms with Crippen molar-refractivity contribution >= 4 is 9.84 Å². The molecule has 0 aromatic carbocycles. The zero-order valence-electron chi connectivity index (χ0n) is 13.1. The van der Waals surface area contributed by atoms with Crippen molar-refractivity contribution in [3.63, 3.8) is 0 Å². The summed E-state index contributed by atoms with van der Waals surface area (Å²) in [5.41, 5.74) is 6.30. The second-order valence-electron chi connectivity index (χ2n) is 7.33. The second-order valence-corrected chi connectivity index (χ2v) is 9.59. The number of likely N-dealkylation sites (N-methyl/N-ethyl adjacent to an activating group) is 1. The molecule has 4 nitrogen and oxygen atoms in total. The highest BCUT2D eigenvalue weighted by molar-refractivity contribution is 7.90. The van der Waals surface area contributed by atoms with Crippen molar-refractivity contribution in [3.8, 4) is 0 Å². The summed E-state index contributed by atoms with van der Waals surface area (Å²) in [5.74, 6) is 0.841. The Morgan fingerprint density at radius 1 is 1.32 bits per heavy atom. The minimum atomic E-state index is -2.92. The Balaban J connectivity index is 2.84. The van der Waals surface area contributed by atoms with E-state index in [0.29, 0.717) is 19.0 Å². The van der Waals surface area contributed by atoms with Crippen LogP contribution in [0.15, 0.2) is 0 Å². The summed E-state index contributed by atoms with van der Waals surface area (Å²) in [6.07, 6.45) is 4.62. The highest BCUT2D eigenvalue weighted by atomic mass is 32.2. The van der Waals surface area contributed by atoms with Crippen molar-refractivity contribution in [1.29, 1.82) is 0 Å². The highest BCUT2D eigenvalue weighted by Gasteiger charge is 2.44. The van der Waals surface area contributed by atoms with Crippen LogP contribution in [0.3, 0.4) is 0 Å². The van der Waals surface area contributed by atoms with E-state index in [0.717, 1.165) is 12.8 Å². The Hall–Kier alpha value is -0.130. The number of sulfone groups is 1. The summed E-state index contributed by atoms with van der Waals surface area (Å²) >= 11 is 0. The third-order valence-corrected chi connectivity index (χ3v) is 5.35. The molecule has 1 rings (SSSR count). The monoisotopic (exact) mass is 290 g/mol. The van der Waals surface area contributed by atoms with Crippen molar-refractivity contribution < 1.29 is 8.42 Å². The Labute approximate surface area is 118 Å². The van der Waals surface area contributed by atoms with Crippen molar-refractivity contribution in [2.45, 2.75) is 45.6 Å². The molecule has 0 heterocycles. The molecule has 2 unspecified atom stereocenters. The Morgan fingerprint density at radius 2 is 1.89 bits per heavy atom. The van der Waals surface area contributed by atoms with E-state index in [1.54, 1.807) is 0 Å². The quantitative estimate of drug-likeness (QED) is 0.833. The normalized spacial score (nSPS) is 31.6. The lowest BCUT2D eigenvalue weighted by Gasteiger charge is -2.52. The predicted molar refractivity (Wildman–Crippen MR) is 80.9 cm³/mol. The van der Waals surface area contributed by atoms with E-state index >= 15 is 0 Å². The maximum atomic E-state index is 11.3. The minimum Gasteiger partial charge on any atom is -0.329 e. The van der Waals surface area contributed by atoms with Crippen LogP contribution >= 0.6 is 0 Å². The molecule has 0 aromatic heterocycles. The van der Waals surface area contributed by atoms with Crippen LogP contribution in [0.25, 0.3) is 0 Å². The fourth-order valence-electron chi connectivity index (χ4n) is 3.84. The SMILES string of the molecule is CC1CC(C)(C)CC(CN)(N(C)CCS(C)(=O)=O)C1. The minimum absolute atomic E-state index is 0.0497. The van der Waals surface area contributed by atoms with Crippen LogP contribution in [-0.4, -0.2) is 51.0 Å². The lowest BCUT2D eigenvalue weighted by molar-refractivity contribution is 0.00668. The van der Waals surface area contributed by atoms with E-state index in [-0.39, 0.29) is 16.7 Å². The summed E-state index contributed by atoms with van der Waals surface area (Å²) in [6.45, 7) is 8.02. The molecule has 1 fully saturated rings. The molecule has 0 aromatic rings. The maximum Gasteiger partial charge on any atom is 0.148 e. The lowest BCUT2D eigenvalue weighted by Crippen LogP contribution is -2.58. The summed E-state index contributed by atoms with van der Waals surface area (Å²) < 4.78 is 22.7. The molecular formula is C14H30N2O2S. The van der Waals surface area contributed by atoms with Gasteiger partial charge in [0.05, 0.1) is 5.75 Å². The first-order chi connectivity index (χ1) is 8.50. The first-order valence-corrected chi connectivity index (χ1v) is 9.15. The molecule has 19 heavy (non-hydrogen) atoms. The van der Waals surface area contributed by atoms with Crippen LogP contribution in [0.4, 0.5) is 0 Å². The molecule has 0 saturated heterocycles. The van der Waals surface area contributed by atoms with Crippen molar-refractivity contribution in [1.82, 2.24) is 4.90 Å². The summed E-state index contributed by atoms with van der Waals surface area (Å²) in [5, 5.41) is 0. The van der Waals surface area contributed by atoms with Gasteiger partial charge in [0.2, 0.25) is 0 Å². The zero-order valence-corrected chi connectivity index (χ0v) is 13.9. The summed E-state index contributed by atoms with van der Waals surface area (Å²) in [6, 6.07) is 0. The van der Waals surface area contributed by atoms with E-state index in [2.05, 4.69) is 25.7 Å². The van der Waals surface area contributed by atoms with E-state index in [9.17, 15) is 8.42 Å². The number of nitrogens with two attached hydrogens (primary N) is 1. The predicted octanol–water partition coefficient (Wildman–Crippen LogP) is 1.51. The first kappa shape index (κ1) is 16.9. The molecule has 2 atom stereocenters. The molecule has 1 aliphatic rings. The molecule has 0 aliphatic heterocycles. The van der Waals surface area contributed by atoms with E-state index in [4.69, 9.17) is 5.73 Å². The van der Waals surface area contributed by atoms with Gasteiger partial charge in [-0.15, -0.1) is 0 Å². The van der Waals surface area contributed by atoms with E-state index in [1.807, 2.05) is 7.05 Å². The second kappa shape index (κ2) is 5.70. The lowest BCUT2D eigenvalue weighted by atomic mass is 9.63. The van der Waals surface area contributed by atoms with Crippen molar-refractivity contribution in [3.05, 3.63) is 0 Å². The van der Waals surface area contributed by atoms with Gasteiger partial charge in [0.15, 0.2) is 0 Å².